The molecule has 0 bridgehead atoms. The van der Waals surface area contributed by atoms with Crippen LogP contribution in [0.4, 0.5) is 0 Å². The normalized spacial score (nSPS) is 12.9. The molecule has 2 heterocycles. The highest BCUT2D eigenvalue weighted by Crippen LogP contribution is 2.24. The van der Waals surface area contributed by atoms with Crippen molar-refractivity contribution in [2.24, 2.45) is 0 Å². The number of nitrogens with one attached hydrogen (secondary N) is 1. The van der Waals surface area contributed by atoms with E-state index in [0.717, 1.165) is 24.3 Å². The molecule has 0 unspecified atom stereocenters. The Bertz CT molecular complexity index is 999. The van der Waals surface area contributed by atoms with Gasteiger partial charge in [0.2, 0.25) is 5.91 Å². The summed E-state index contributed by atoms with van der Waals surface area (Å²) in [4.78, 5) is 28.1. The lowest BCUT2D eigenvalue weighted by Gasteiger charge is -2.27. The molecule has 1 aliphatic rings. The third-order valence-corrected chi connectivity index (χ3v) is 6.17. The highest BCUT2D eigenvalue weighted by Gasteiger charge is 2.21. The first kappa shape index (κ1) is 20.2. The van der Waals surface area contributed by atoms with Gasteiger partial charge in [-0.1, -0.05) is 30.3 Å². The molecule has 3 aromatic rings. The van der Waals surface area contributed by atoms with Gasteiger partial charge in [0, 0.05) is 36.5 Å². The summed E-state index contributed by atoms with van der Waals surface area (Å²) in [5, 5.41) is 4.93. The Labute approximate surface area is 180 Å². The van der Waals surface area contributed by atoms with Crippen molar-refractivity contribution in [3.63, 3.8) is 0 Å². The molecule has 0 saturated heterocycles. The fourth-order valence-electron chi connectivity index (χ4n) is 3.44. The monoisotopic (exact) mass is 420 g/mol. The number of thiophene rings is 1. The Balaban J connectivity index is 1.21. The van der Waals surface area contributed by atoms with Crippen LogP contribution in [0.5, 0.6) is 5.75 Å². The number of carbonyl (C=O) groups excluding carboxylic acids is 2. The number of amides is 2. The molecule has 0 spiro atoms. The average Bonchev–Trinajstić information content (AvgIpc) is 3.26. The van der Waals surface area contributed by atoms with Crippen molar-refractivity contribution >= 4 is 23.2 Å². The zero-order chi connectivity index (χ0) is 20.8. The van der Waals surface area contributed by atoms with Gasteiger partial charge in [0.15, 0.2) is 0 Å². The molecule has 2 aromatic carbocycles. The van der Waals surface area contributed by atoms with E-state index >= 15 is 0 Å². The second-order valence-electron chi connectivity index (χ2n) is 7.24. The predicted octanol–water partition coefficient (Wildman–Crippen LogP) is 4.03. The first-order valence-electron chi connectivity index (χ1n) is 10.1. The van der Waals surface area contributed by atoms with E-state index in [1.54, 1.807) is 23.5 Å². The third kappa shape index (κ3) is 5.07. The summed E-state index contributed by atoms with van der Waals surface area (Å²) >= 11 is 1.76. The summed E-state index contributed by atoms with van der Waals surface area (Å²) < 4.78 is 5.72. The van der Waals surface area contributed by atoms with Crippen LogP contribution in [0.2, 0.25) is 0 Å². The molecule has 0 saturated carbocycles. The molecule has 30 heavy (non-hydrogen) atoms. The maximum Gasteiger partial charge on any atom is 0.251 e. The molecule has 1 aliphatic heterocycles. The summed E-state index contributed by atoms with van der Waals surface area (Å²) in [6.45, 7) is 2.22. The zero-order valence-corrected chi connectivity index (χ0v) is 17.5. The number of para-hydroxylation sites is 1. The Morgan fingerprint density at radius 2 is 1.83 bits per heavy atom. The Kier molecular flexibility index (Phi) is 6.44. The topological polar surface area (TPSA) is 58.6 Å². The highest BCUT2D eigenvalue weighted by atomic mass is 32.1. The zero-order valence-electron chi connectivity index (χ0n) is 16.7. The number of nitrogens with zero attached hydrogens (tertiary/aromatic N) is 1. The van der Waals surface area contributed by atoms with Gasteiger partial charge in [0.25, 0.3) is 5.91 Å². The summed E-state index contributed by atoms with van der Waals surface area (Å²) in [6, 6.07) is 19.0. The lowest BCUT2D eigenvalue weighted by atomic mass is 10.1. The van der Waals surface area contributed by atoms with E-state index in [0.29, 0.717) is 31.7 Å². The van der Waals surface area contributed by atoms with Crippen LogP contribution < -0.4 is 10.1 Å². The highest BCUT2D eigenvalue weighted by molar-refractivity contribution is 7.10. The van der Waals surface area contributed by atoms with Crippen LogP contribution in [0.1, 0.15) is 32.8 Å². The van der Waals surface area contributed by atoms with Crippen molar-refractivity contribution in [2.75, 3.05) is 13.1 Å². The number of hydrogen-bond acceptors (Lipinski definition) is 4. The fraction of sp³-hybridized carbons (Fsp3) is 0.250. The van der Waals surface area contributed by atoms with Crippen molar-refractivity contribution < 1.29 is 14.3 Å². The lowest BCUT2D eigenvalue weighted by molar-refractivity contribution is -0.131. The van der Waals surface area contributed by atoms with E-state index in [1.165, 1.54) is 10.4 Å². The SMILES string of the molecule is O=C(NCCC(=O)N1CCc2sccc2C1)c1ccc(COc2ccccc2)cc1. The van der Waals surface area contributed by atoms with Crippen molar-refractivity contribution in [1.29, 1.82) is 0 Å². The number of hydrogen-bond donors (Lipinski definition) is 1. The molecule has 5 nitrogen and oxygen atoms in total. The fourth-order valence-corrected chi connectivity index (χ4v) is 4.33. The maximum absolute atomic E-state index is 12.4. The molecule has 4 rings (SSSR count). The van der Waals surface area contributed by atoms with E-state index < -0.39 is 0 Å². The summed E-state index contributed by atoms with van der Waals surface area (Å²) in [6.07, 6.45) is 1.24. The Morgan fingerprint density at radius 1 is 1.03 bits per heavy atom. The van der Waals surface area contributed by atoms with Crippen molar-refractivity contribution in [1.82, 2.24) is 10.2 Å². The predicted molar refractivity (Wildman–Crippen MR) is 118 cm³/mol. The van der Waals surface area contributed by atoms with Gasteiger partial charge in [-0.25, -0.2) is 0 Å². The van der Waals surface area contributed by atoms with Crippen LogP contribution in [0.15, 0.2) is 66.0 Å². The van der Waals surface area contributed by atoms with Gasteiger partial charge in [-0.15, -0.1) is 11.3 Å². The van der Waals surface area contributed by atoms with Gasteiger partial charge in [0.05, 0.1) is 0 Å². The summed E-state index contributed by atoms with van der Waals surface area (Å²) in [5.41, 5.74) is 2.82. The largest absolute Gasteiger partial charge is 0.489 e. The van der Waals surface area contributed by atoms with Crippen molar-refractivity contribution in [3.8, 4) is 5.75 Å². The van der Waals surface area contributed by atoms with E-state index in [4.69, 9.17) is 4.74 Å². The Morgan fingerprint density at radius 3 is 2.63 bits per heavy atom. The number of fused-ring (bicyclic) bond motifs is 1. The minimum atomic E-state index is -0.169. The molecule has 6 heteroatoms. The second-order valence-corrected chi connectivity index (χ2v) is 8.24. The van der Waals surface area contributed by atoms with Gasteiger partial charge >= 0.3 is 0 Å². The molecule has 1 aromatic heterocycles. The molecule has 0 atom stereocenters. The summed E-state index contributed by atoms with van der Waals surface area (Å²) in [7, 11) is 0. The van der Waals surface area contributed by atoms with Crippen LogP contribution in [-0.2, 0) is 24.4 Å². The smallest absolute Gasteiger partial charge is 0.251 e. The van der Waals surface area contributed by atoms with Crippen LogP contribution in [0.3, 0.4) is 0 Å². The van der Waals surface area contributed by atoms with E-state index in [9.17, 15) is 9.59 Å². The average molecular weight is 421 g/mol. The van der Waals surface area contributed by atoms with Gasteiger partial charge in [-0.05, 0) is 53.3 Å². The quantitative estimate of drug-likeness (QED) is 0.628. The molecular weight excluding hydrogens is 396 g/mol. The minimum absolute atomic E-state index is 0.0839. The third-order valence-electron chi connectivity index (χ3n) is 5.15. The molecule has 0 fully saturated rings. The Hall–Kier alpha value is -3.12. The summed E-state index contributed by atoms with van der Waals surface area (Å²) in [5.74, 6) is 0.727. The van der Waals surface area contributed by atoms with Gasteiger partial charge in [0.1, 0.15) is 12.4 Å². The van der Waals surface area contributed by atoms with E-state index in [2.05, 4.69) is 16.8 Å². The van der Waals surface area contributed by atoms with Crippen LogP contribution in [0, 0.1) is 0 Å². The van der Waals surface area contributed by atoms with Gasteiger partial charge in [-0.2, -0.15) is 0 Å². The standard InChI is InChI=1S/C24H24N2O3S/c27-23(26-14-11-22-20(16-26)12-15-30-22)10-13-25-24(28)19-8-6-18(7-9-19)17-29-21-4-2-1-3-5-21/h1-9,12,15H,10-11,13-14,16-17H2,(H,25,28). The van der Waals surface area contributed by atoms with E-state index in [1.807, 2.05) is 47.4 Å². The molecule has 0 radical (unpaired) electrons. The van der Waals surface area contributed by atoms with Gasteiger partial charge < -0.3 is 15.0 Å². The first-order chi connectivity index (χ1) is 14.7. The second kappa shape index (κ2) is 9.59. The van der Waals surface area contributed by atoms with Crippen LogP contribution in [-0.4, -0.2) is 29.8 Å². The molecule has 1 N–H and O–H groups in total. The number of benzene rings is 2. The lowest BCUT2D eigenvalue weighted by Crippen LogP contribution is -2.37. The number of carbonyl (C=O) groups is 2. The molecular formula is C24H24N2O3S. The first-order valence-corrected chi connectivity index (χ1v) is 10.9. The van der Waals surface area contributed by atoms with Crippen LogP contribution >= 0.6 is 11.3 Å². The maximum atomic E-state index is 12.4. The molecule has 0 aliphatic carbocycles. The minimum Gasteiger partial charge on any atom is -0.489 e. The van der Waals surface area contributed by atoms with Crippen molar-refractivity contribution in [2.45, 2.75) is 26.0 Å². The number of ether oxygens (including phenoxy) is 1. The van der Waals surface area contributed by atoms with Gasteiger partial charge in [-0.3, -0.25) is 9.59 Å². The molecule has 154 valence electrons. The number of rotatable bonds is 7. The van der Waals surface area contributed by atoms with Crippen molar-refractivity contribution in [3.05, 3.63) is 87.6 Å². The molecule has 2 amide bonds. The van der Waals surface area contributed by atoms with Crippen LogP contribution in [0.25, 0.3) is 0 Å². The van der Waals surface area contributed by atoms with E-state index in [-0.39, 0.29) is 11.8 Å².